The summed E-state index contributed by atoms with van der Waals surface area (Å²) in [6, 6.07) is 26.4. The highest BCUT2D eigenvalue weighted by Crippen LogP contribution is 2.49. The predicted octanol–water partition coefficient (Wildman–Crippen LogP) is 8.00. The Morgan fingerprint density at radius 3 is 2.20 bits per heavy atom. The van der Waals surface area contributed by atoms with E-state index in [9.17, 15) is 9.59 Å². The van der Waals surface area contributed by atoms with Crippen LogP contribution >= 0.6 is 15.9 Å². The molecule has 2 aliphatic rings. The highest BCUT2D eigenvalue weighted by atomic mass is 79.9. The number of aryl methyl sites for hydroxylation is 1. The van der Waals surface area contributed by atoms with E-state index in [-0.39, 0.29) is 17.6 Å². The molecule has 6 rings (SSSR count). The van der Waals surface area contributed by atoms with Crippen LogP contribution < -0.4 is 24.4 Å². The number of nitrogens with zero attached hydrogens (tertiary/aromatic N) is 1. The number of benzene rings is 4. The third-order valence-corrected chi connectivity index (χ3v) is 8.83. The molecule has 1 N–H and O–H groups in total. The molecular weight excluding hydrogens is 620 g/mol. The number of ether oxygens (including phenoxy) is 3. The maximum atomic E-state index is 14.8. The fourth-order valence-electron chi connectivity index (χ4n) is 6.22. The first-order chi connectivity index (χ1) is 21.3. The van der Waals surface area contributed by atoms with E-state index in [2.05, 4.69) is 52.4 Å². The Balaban J connectivity index is 1.57. The van der Waals surface area contributed by atoms with Crippen molar-refractivity contribution in [2.45, 2.75) is 31.7 Å². The minimum Gasteiger partial charge on any atom is -0.493 e. The molecule has 1 aliphatic heterocycles. The first-order valence-corrected chi connectivity index (χ1v) is 15.2. The Morgan fingerprint density at radius 2 is 1.55 bits per heavy atom. The molecule has 7 nitrogen and oxygen atoms in total. The number of nitrogens with one attached hydrogen (secondary N) is 1. The molecule has 0 fully saturated rings. The molecule has 1 aliphatic carbocycles. The first kappa shape index (κ1) is 29.5. The van der Waals surface area contributed by atoms with E-state index in [4.69, 9.17) is 14.2 Å². The van der Waals surface area contributed by atoms with Crippen molar-refractivity contribution in [2.24, 2.45) is 0 Å². The van der Waals surface area contributed by atoms with Crippen molar-refractivity contribution in [1.29, 1.82) is 0 Å². The molecule has 0 bridgehead atoms. The van der Waals surface area contributed by atoms with Crippen LogP contribution in [-0.4, -0.2) is 33.0 Å². The highest BCUT2D eigenvalue weighted by Gasteiger charge is 2.42. The zero-order valence-corrected chi connectivity index (χ0v) is 26.6. The lowest BCUT2D eigenvalue weighted by Crippen LogP contribution is -2.38. The van der Waals surface area contributed by atoms with Gasteiger partial charge in [0.25, 0.3) is 5.91 Å². The Hall–Kier alpha value is -4.56. The molecule has 1 heterocycles. The van der Waals surface area contributed by atoms with Gasteiger partial charge in [0.2, 0.25) is 5.75 Å². The number of fused-ring (bicyclic) bond motifs is 1. The van der Waals surface area contributed by atoms with Gasteiger partial charge in [-0.25, -0.2) is 0 Å². The van der Waals surface area contributed by atoms with Gasteiger partial charge in [0, 0.05) is 27.7 Å². The van der Waals surface area contributed by atoms with Gasteiger partial charge in [-0.2, -0.15) is 0 Å². The summed E-state index contributed by atoms with van der Waals surface area (Å²) < 4.78 is 17.5. The average Bonchev–Trinajstić information content (AvgIpc) is 3.18. The molecule has 4 aromatic carbocycles. The molecule has 2 unspecified atom stereocenters. The normalized spacial score (nSPS) is 17.7. The number of anilines is 2. The molecule has 4 aromatic rings. The van der Waals surface area contributed by atoms with Gasteiger partial charge in [0.1, 0.15) is 0 Å². The lowest BCUT2D eigenvalue weighted by Gasteiger charge is -2.35. The number of rotatable bonds is 6. The molecule has 0 spiro atoms. The molecule has 0 aromatic heterocycles. The second-order valence-electron chi connectivity index (χ2n) is 11.0. The van der Waals surface area contributed by atoms with Crippen LogP contribution in [0.1, 0.15) is 51.8 Å². The zero-order valence-electron chi connectivity index (χ0n) is 25.0. The number of hydrogen-bond donors (Lipinski definition) is 1. The quantitative estimate of drug-likeness (QED) is 0.227. The number of allylic oxidation sites excluding steroid dienone is 1. The van der Waals surface area contributed by atoms with Crippen LogP contribution in [0.4, 0.5) is 11.4 Å². The summed E-state index contributed by atoms with van der Waals surface area (Å²) in [5, 5.41) is 3.60. The predicted molar refractivity (Wildman–Crippen MR) is 175 cm³/mol. The Kier molecular flexibility index (Phi) is 8.19. The van der Waals surface area contributed by atoms with Crippen molar-refractivity contribution in [3.8, 4) is 17.2 Å². The Bertz CT molecular complexity index is 1760. The summed E-state index contributed by atoms with van der Waals surface area (Å²) in [6.07, 6.45) is 0.978. The Morgan fingerprint density at radius 1 is 0.841 bits per heavy atom. The standard InChI is InChI=1S/C36H33BrN2O5/c1-21-12-14-22(15-13-21)24-17-28-33(30(40)18-24)34(23-8-7-9-26(37)16-23)39(29-11-6-5-10-27(29)38-28)36(41)25-19-31(42-2)35(44-4)32(20-25)43-3/h5-16,19-20,24,34,38H,17-18H2,1-4H3. The van der Waals surface area contributed by atoms with Gasteiger partial charge in [-0.1, -0.05) is 70.0 Å². The number of ketones is 1. The summed E-state index contributed by atoms with van der Waals surface area (Å²) in [4.78, 5) is 30.9. The van der Waals surface area contributed by atoms with Crippen LogP contribution in [0, 0.1) is 6.92 Å². The lowest BCUT2D eigenvalue weighted by atomic mass is 9.78. The van der Waals surface area contributed by atoms with Crippen LogP contribution in [0.25, 0.3) is 0 Å². The van der Waals surface area contributed by atoms with Crippen molar-refractivity contribution < 1.29 is 23.8 Å². The van der Waals surface area contributed by atoms with Crippen molar-refractivity contribution >= 4 is 39.0 Å². The number of para-hydroxylation sites is 2. The monoisotopic (exact) mass is 652 g/mol. The molecule has 2 atom stereocenters. The Labute approximate surface area is 265 Å². The van der Waals surface area contributed by atoms with E-state index in [0.29, 0.717) is 46.9 Å². The molecule has 0 saturated carbocycles. The maximum Gasteiger partial charge on any atom is 0.259 e. The van der Waals surface area contributed by atoms with E-state index in [1.54, 1.807) is 17.0 Å². The summed E-state index contributed by atoms with van der Waals surface area (Å²) in [5.41, 5.74) is 6.26. The summed E-state index contributed by atoms with van der Waals surface area (Å²) in [5.74, 6) is 0.829. The van der Waals surface area contributed by atoms with Crippen molar-refractivity contribution in [3.63, 3.8) is 0 Å². The molecule has 0 radical (unpaired) electrons. The molecule has 8 heteroatoms. The molecule has 44 heavy (non-hydrogen) atoms. The summed E-state index contributed by atoms with van der Waals surface area (Å²) >= 11 is 3.62. The van der Waals surface area contributed by atoms with E-state index in [1.165, 1.54) is 26.9 Å². The fourth-order valence-corrected chi connectivity index (χ4v) is 6.64. The van der Waals surface area contributed by atoms with Gasteiger partial charge in [0.05, 0.1) is 38.7 Å². The van der Waals surface area contributed by atoms with E-state index in [1.807, 2.05) is 48.5 Å². The number of amides is 1. The van der Waals surface area contributed by atoms with Gasteiger partial charge >= 0.3 is 0 Å². The van der Waals surface area contributed by atoms with Gasteiger partial charge in [-0.15, -0.1) is 0 Å². The van der Waals surface area contributed by atoms with Gasteiger partial charge in [-0.3, -0.25) is 14.5 Å². The largest absolute Gasteiger partial charge is 0.493 e. The number of carbonyl (C=O) groups is 2. The number of carbonyl (C=O) groups excluding carboxylic acids is 2. The number of methoxy groups -OCH3 is 3. The third kappa shape index (κ3) is 5.35. The van der Waals surface area contributed by atoms with Crippen LogP contribution in [0.2, 0.25) is 0 Å². The van der Waals surface area contributed by atoms with Gasteiger partial charge in [0.15, 0.2) is 17.3 Å². The van der Waals surface area contributed by atoms with Crippen molar-refractivity contribution in [1.82, 2.24) is 0 Å². The van der Waals surface area contributed by atoms with Crippen molar-refractivity contribution in [2.75, 3.05) is 31.5 Å². The van der Waals surface area contributed by atoms with Crippen LogP contribution in [0.3, 0.4) is 0 Å². The van der Waals surface area contributed by atoms with Crippen molar-refractivity contribution in [3.05, 3.63) is 123 Å². The van der Waals surface area contributed by atoms with Crippen LogP contribution in [0.5, 0.6) is 17.2 Å². The van der Waals surface area contributed by atoms with E-state index in [0.717, 1.165) is 27.0 Å². The van der Waals surface area contributed by atoms with Gasteiger partial charge in [-0.05, 0) is 66.8 Å². The second-order valence-corrected chi connectivity index (χ2v) is 11.9. The fraction of sp³-hybridized carbons (Fsp3) is 0.222. The minimum atomic E-state index is -0.697. The van der Waals surface area contributed by atoms with Gasteiger partial charge < -0.3 is 19.5 Å². The third-order valence-electron chi connectivity index (χ3n) is 8.33. The highest BCUT2D eigenvalue weighted by molar-refractivity contribution is 9.10. The van der Waals surface area contributed by atoms with Crippen LogP contribution in [0.15, 0.2) is 101 Å². The smallest absolute Gasteiger partial charge is 0.259 e. The van der Waals surface area contributed by atoms with Crippen LogP contribution in [-0.2, 0) is 4.79 Å². The van der Waals surface area contributed by atoms with E-state index < -0.39 is 6.04 Å². The molecule has 0 saturated heterocycles. The summed E-state index contributed by atoms with van der Waals surface area (Å²) in [7, 11) is 4.56. The second kappa shape index (κ2) is 12.2. The number of halogens is 1. The number of Topliss-reactive ketones (excluding diaryl/α,β-unsaturated/α-hetero) is 1. The SMILES string of the molecule is COc1cc(C(=O)N2c3ccccc3NC3=C(C(=O)CC(c4ccc(C)cc4)C3)C2c2cccc(Br)c2)cc(OC)c1OC. The molecular formula is C36H33BrN2O5. The first-order valence-electron chi connectivity index (χ1n) is 14.4. The topological polar surface area (TPSA) is 77.1 Å². The lowest BCUT2D eigenvalue weighted by molar-refractivity contribution is -0.116. The molecule has 1 amide bonds. The van der Waals surface area contributed by atoms with E-state index >= 15 is 0 Å². The number of hydrogen-bond acceptors (Lipinski definition) is 6. The zero-order chi connectivity index (χ0) is 31.0. The maximum absolute atomic E-state index is 14.8. The summed E-state index contributed by atoms with van der Waals surface area (Å²) in [6.45, 7) is 2.06. The molecule has 224 valence electrons. The minimum absolute atomic E-state index is 0.00444. The average molecular weight is 654 g/mol.